The lowest BCUT2D eigenvalue weighted by molar-refractivity contribution is 0.621. The molecule has 19 heavy (non-hydrogen) atoms. The van der Waals surface area contributed by atoms with E-state index in [9.17, 15) is 4.39 Å². The van der Waals surface area contributed by atoms with Gasteiger partial charge in [0.1, 0.15) is 17.2 Å². The van der Waals surface area contributed by atoms with Gasteiger partial charge in [0.15, 0.2) is 0 Å². The van der Waals surface area contributed by atoms with Crippen molar-refractivity contribution in [3.8, 4) is 11.3 Å². The molecule has 2 heterocycles. The van der Waals surface area contributed by atoms with E-state index >= 15 is 0 Å². The minimum absolute atomic E-state index is 0.271. The molecule has 0 aliphatic rings. The van der Waals surface area contributed by atoms with Gasteiger partial charge in [-0.25, -0.2) is 14.4 Å². The smallest absolute Gasteiger partial charge is 0.202 e. The average Bonchev–Trinajstić information content (AvgIpc) is 2.84. The first-order valence-electron chi connectivity index (χ1n) is 5.85. The zero-order chi connectivity index (χ0) is 13.4. The van der Waals surface area contributed by atoms with Gasteiger partial charge >= 0.3 is 0 Å². The van der Waals surface area contributed by atoms with Crippen molar-refractivity contribution < 1.29 is 4.39 Å². The normalized spacial score (nSPS) is 10.9. The molecule has 0 fully saturated rings. The van der Waals surface area contributed by atoms with Crippen LogP contribution in [0.4, 0.5) is 10.2 Å². The highest BCUT2D eigenvalue weighted by molar-refractivity contribution is 5.88. The number of anilines is 1. The van der Waals surface area contributed by atoms with Crippen LogP contribution in [0.2, 0.25) is 0 Å². The first-order chi connectivity index (χ1) is 9.20. The highest BCUT2D eigenvalue weighted by atomic mass is 19.1. The highest BCUT2D eigenvalue weighted by Gasteiger charge is 2.15. The number of aryl methyl sites for hydroxylation is 1. The van der Waals surface area contributed by atoms with E-state index in [1.165, 1.54) is 0 Å². The number of hydrogen-bond acceptors (Lipinski definition) is 4. The molecule has 0 bridgehead atoms. The van der Waals surface area contributed by atoms with Crippen LogP contribution in [0.1, 0.15) is 5.56 Å². The van der Waals surface area contributed by atoms with Crippen LogP contribution in [0.15, 0.2) is 24.4 Å². The lowest BCUT2D eigenvalue weighted by atomic mass is 10.1. The Morgan fingerprint density at radius 3 is 2.95 bits per heavy atom. The van der Waals surface area contributed by atoms with Crippen LogP contribution in [0.3, 0.4) is 0 Å². The predicted molar refractivity (Wildman–Crippen MR) is 71.4 cm³/mol. The monoisotopic (exact) mass is 257 g/mol. The standard InChI is InChI=1S/C13H12FN5/c1-7-4-3-5-8(10(7)14)11-12-13(19-18-11)17-9(15-2)6-16-12/h3-6H,1-2H3,(H2,15,17,18,19). The fourth-order valence-corrected chi connectivity index (χ4v) is 1.94. The maximum absolute atomic E-state index is 14.1. The fraction of sp³-hybridized carbons (Fsp3) is 0.154. The van der Waals surface area contributed by atoms with Crippen molar-refractivity contribution in [2.45, 2.75) is 6.92 Å². The van der Waals surface area contributed by atoms with E-state index in [1.54, 1.807) is 38.4 Å². The van der Waals surface area contributed by atoms with Gasteiger partial charge in [-0.15, -0.1) is 0 Å². The maximum atomic E-state index is 14.1. The molecular formula is C13H12FN5. The molecule has 0 atom stereocenters. The van der Waals surface area contributed by atoms with Crippen molar-refractivity contribution in [1.82, 2.24) is 20.2 Å². The summed E-state index contributed by atoms with van der Waals surface area (Å²) in [7, 11) is 1.75. The molecule has 0 amide bonds. The molecule has 0 aliphatic heterocycles. The van der Waals surface area contributed by atoms with Crippen LogP contribution < -0.4 is 5.32 Å². The average molecular weight is 257 g/mol. The molecule has 0 aliphatic carbocycles. The minimum Gasteiger partial charge on any atom is -0.372 e. The van der Waals surface area contributed by atoms with Gasteiger partial charge in [-0.05, 0) is 18.6 Å². The molecule has 5 nitrogen and oxygen atoms in total. The molecular weight excluding hydrogens is 245 g/mol. The molecule has 2 aromatic heterocycles. The second kappa shape index (κ2) is 4.31. The molecule has 3 rings (SSSR count). The van der Waals surface area contributed by atoms with E-state index in [0.717, 1.165) is 0 Å². The number of aromatic nitrogens is 4. The van der Waals surface area contributed by atoms with Crippen LogP contribution in [0.5, 0.6) is 0 Å². The summed E-state index contributed by atoms with van der Waals surface area (Å²) in [6.45, 7) is 1.72. The van der Waals surface area contributed by atoms with E-state index in [4.69, 9.17) is 0 Å². The van der Waals surface area contributed by atoms with Gasteiger partial charge in [0.05, 0.1) is 11.9 Å². The molecule has 3 aromatic rings. The topological polar surface area (TPSA) is 66.5 Å². The Morgan fingerprint density at radius 2 is 2.16 bits per heavy atom. The largest absolute Gasteiger partial charge is 0.372 e. The number of hydrogen-bond donors (Lipinski definition) is 2. The molecule has 0 saturated heterocycles. The molecule has 0 spiro atoms. The van der Waals surface area contributed by atoms with Crippen LogP contribution >= 0.6 is 0 Å². The van der Waals surface area contributed by atoms with E-state index in [-0.39, 0.29) is 5.82 Å². The number of rotatable bonds is 2. The van der Waals surface area contributed by atoms with Gasteiger partial charge in [-0.1, -0.05) is 12.1 Å². The van der Waals surface area contributed by atoms with Gasteiger partial charge in [0, 0.05) is 12.6 Å². The number of nitrogens with one attached hydrogen (secondary N) is 2. The van der Waals surface area contributed by atoms with Crippen LogP contribution in [-0.2, 0) is 0 Å². The summed E-state index contributed by atoms with van der Waals surface area (Å²) in [5.41, 5.74) is 2.60. The van der Waals surface area contributed by atoms with Crippen molar-refractivity contribution >= 4 is 17.0 Å². The first kappa shape index (κ1) is 11.6. The third-order valence-corrected chi connectivity index (χ3v) is 2.98. The SMILES string of the molecule is CNc1cnc2c(-c3cccc(C)c3F)[nH]nc2n1. The van der Waals surface area contributed by atoms with Gasteiger partial charge in [-0.3, -0.25) is 5.10 Å². The molecule has 0 radical (unpaired) electrons. The third kappa shape index (κ3) is 1.81. The summed E-state index contributed by atoms with van der Waals surface area (Å²) in [6, 6.07) is 5.22. The molecule has 0 saturated carbocycles. The first-order valence-corrected chi connectivity index (χ1v) is 5.85. The van der Waals surface area contributed by atoms with Gasteiger partial charge in [0.25, 0.3) is 0 Å². The Balaban J connectivity index is 2.23. The Hall–Kier alpha value is -2.50. The number of H-pyrrole nitrogens is 1. The number of aromatic amines is 1. The molecule has 96 valence electrons. The van der Waals surface area contributed by atoms with E-state index in [1.807, 2.05) is 0 Å². The van der Waals surface area contributed by atoms with Crippen molar-refractivity contribution in [3.63, 3.8) is 0 Å². The fourth-order valence-electron chi connectivity index (χ4n) is 1.94. The highest BCUT2D eigenvalue weighted by Crippen LogP contribution is 2.27. The zero-order valence-corrected chi connectivity index (χ0v) is 10.5. The second-order valence-corrected chi connectivity index (χ2v) is 4.21. The van der Waals surface area contributed by atoms with Crippen LogP contribution in [0.25, 0.3) is 22.4 Å². The Bertz CT molecular complexity index is 750. The summed E-state index contributed by atoms with van der Waals surface area (Å²) >= 11 is 0. The lowest BCUT2D eigenvalue weighted by Crippen LogP contribution is -1.94. The number of fused-ring (bicyclic) bond motifs is 1. The quantitative estimate of drug-likeness (QED) is 0.740. The van der Waals surface area contributed by atoms with Crippen molar-refractivity contribution in [3.05, 3.63) is 35.8 Å². The number of halogens is 1. The van der Waals surface area contributed by atoms with Gasteiger partial charge in [0.2, 0.25) is 5.65 Å². The Morgan fingerprint density at radius 1 is 1.32 bits per heavy atom. The molecule has 2 N–H and O–H groups in total. The molecule has 6 heteroatoms. The zero-order valence-electron chi connectivity index (χ0n) is 10.5. The van der Waals surface area contributed by atoms with E-state index in [0.29, 0.717) is 33.8 Å². The van der Waals surface area contributed by atoms with E-state index in [2.05, 4.69) is 25.5 Å². The summed E-state index contributed by atoms with van der Waals surface area (Å²) in [6.07, 6.45) is 1.59. The maximum Gasteiger partial charge on any atom is 0.202 e. The van der Waals surface area contributed by atoms with Gasteiger partial charge < -0.3 is 5.32 Å². The third-order valence-electron chi connectivity index (χ3n) is 2.98. The summed E-state index contributed by atoms with van der Waals surface area (Å²) in [5.74, 6) is 0.350. The Labute approximate surface area is 108 Å². The Kier molecular flexibility index (Phi) is 2.63. The van der Waals surface area contributed by atoms with Crippen molar-refractivity contribution in [1.29, 1.82) is 0 Å². The van der Waals surface area contributed by atoms with Crippen LogP contribution in [-0.4, -0.2) is 27.2 Å². The predicted octanol–water partition coefficient (Wildman–Crippen LogP) is 2.51. The minimum atomic E-state index is -0.271. The van der Waals surface area contributed by atoms with Gasteiger partial charge in [-0.2, -0.15) is 5.10 Å². The lowest BCUT2D eigenvalue weighted by Gasteiger charge is -2.03. The second-order valence-electron chi connectivity index (χ2n) is 4.21. The molecule has 0 unspecified atom stereocenters. The van der Waals surface area contributed by atoms with E-state index < -0.39 is 0 Å². The summed E-state index contributed by atoms with van der Waals surface area (Å²) in [4.78, 5) is 8.53. The summed E-state index contributed by atoms with van der Waals surface area (Å²) < 4.78 is 14.1. The number of benzene rings is 1. The molecule has 1 aromatic carbocycles. The van der Waals surface area contributed by atoms with Crippen molar-refractivity contribution in [2.75, 3.05) is 12.4 Å². The number of nitrogens with zero attached hydrogens (tertiary/aromatic N) is 3. The van der Waals surface area contributed by atoms with Crippen molar-refractivity contribution in [2.24, 2.45) is 0 Å². The van der Waals surface area contributed by atoms with Crippen LogP contribution in [0, 0.1) is 12.7 Å². The summed E-state index contributed by atoms with van der Waals surface area (Å²) in [5, 5.41) is 9.76.